The molecule has 0 fully saturated rings. The van der Waals surface area contributed by atoms with Crippen LogP contribution in [0.15, 0.2) is 60.2 Å². The average Bonchev–Trinajstić information content (AvgIpc) is 2.95. The molecule has 1 N–H and O–H groups in total. The number of carbonyl (C=O) groups excluding carboxylic acids is 1. The zero-order valence-corrected chi connectivity index (χ0v) is 16.0. The van der Waals surface area contributed by atoms with Crippen LogP contribution >= 0.6 is 0 Å². The highest BCUT2D eigenvalue weighted by atomic mass is 19.1. The van der Waals surface area contributed by atoms with Crippen LogP contribution in [0.5, 0.6) is 0 Å². The van der Waals surface area contributed by atoms with Crippen LogP contribution in [0, 0.1) is 37.9 Å². The van der Waals surface area contributed by atoms with Gasteiger partial charge in [0.2, 0.25) is 0 Å². The second-order valence-corrected chi connectivity index (χ2v) is 6.58. The molecule has 1 aromatic heterocycles. The van der Waals surface area contributed by atoms with Crippen molar-refractivity contribution in [2.24, 2.45) is 0 Å². The maximum atomic E-state index is 13.2. The van der Waals surface area contributed by atoms with Gasteiger partial charge in [-0.05, 0) is 74.4 Å². The molecule has 0 unspecified atom stereocenters. The number of aryl methyl sites for hydroxylation is 2. The van der Waals surface area contributed by atoms with E-state index in [1.165, 1.54) is 12.1 Å². The molecule has 3 rings (SSSR count). The number of benzene rings is 2. The van der Waals surface area contributed by atoms with Crippen LogP contribution in [0.3, 0.4) is 0 Å². The van der Waals surface area contributed by atoms with E-state index in [2.05, 4.69) is 5.32 Å². The van der Waals surface area contributed by atoms with Crippen LogP contribution in [0.1, 0.15) is 22.5 Å². The van der Waals surface area contributed by atoms with E-state index < -0.39 is 5.91 Å². The number of para-hydroxylation sites is 1. The monoisotopic (exact) mass is 373 g/mol. The Bertz CT molecular complexity index is 1100. The van der Waals surface area contributed by atoms with Gasteiger partial charge in [-0.25, -0.2) is 4.39 Å². The average molecular weight is 373 g/mol. The molecule has 0 radical (unpaired) electrons. The minimum Gasteiger partial charge on any atom is -0.321 e. The van der Waals surface area contributed by atoms with Crippen LogP contribution in [-0.2, 0) is 4.79 Å². The maximum Gasteiger partial charge on any atom is 0.266 e. The summed E-state index contributed by atoms with van der Waals surface area (Å²) in [6.07, 6.45) is 1.58. The second kappa shape index (κ2) is 7.93. The molecule has 0 saturated heterocycles. The van der Waals surface area contributed by atoms with Crippen LogP contribution in [0.25, 0.3) is 11.8 Å². The molecule has 2 aromatic carbocycles. The molecule has 0 aliphatic carbocycles. The lowest BCUT2D eigenvalue weighted by Crippen LogP contribution is -2.14. The van der Waals surface area contributed by atoms with Gasteiger partial charge in [0.25, 0.3) is 5.91 Å². The van der Waals surface area contributed by atoms with Crippen LogP contribution < -0.4 is 5.32 Å². The molecule has 4 nitrogen and oxygen atoms in total. The summed E-state index contributed by atoms with van der Waals surface area (Å²) in [6, 6.07) is 17.5. The fourth-order valence-electron chi connectivity index (χ4n) is 3.13. The van der Waals surface area contributed by atoms with Crippen LogP contribution in [0.4, 0.5) is 10.1 Å². The number of anilines is 1. The van der Waals surface area contributed by atoms with Crippen molar-refractivity contribution < 1.29 is 9.18 Å². The molecule has 0 aliphatic rings. The highest BCUT2D eigenvalue weighted by Gasteiger charge is 2.14. The van der Waals surface area contributed by atoms with Gasteiger partial charge >= 0.3 is 0 Å². The van der Waals surface area contributed by atoms with Crippen LogP contribution in [-0.4, -0.2) is 10.5 Å². The summed E-state index contributed by atoms with van der Waals surface area (Å²) in [7, 11) is 0. The molecule has 0 bridgehead atoms. The third kappa shape index (κ3) is 3.86. The predicted octanol–water partition coefficient (Wildman–Crippen LogP) is 5.09. The molecule has 1 amide bonds. The van der Waals surface area contributed by atoms with E-state index in [4.69, 9.17) is 0 Å². The van der Waals surface area contributed by atoms with Gasteiger partial charge < -0.3 is 9.88 Å². The zero-order valence-electron chi connectivity index (χ0n) is 16.0. The lowest BCUT2D eigenvalue weighted by molar-refractivity contribution is -0.112. The van der Waals surface area contributed by atoms with Gasteiger partial charge in [0.15, 0.2) is 0 Å². The summed E-state index contributed by atoms with van der Waals surface area (Å²) in [5, 5.41) is 12.3. The Labute approximate surface area is 163 Å². The van der Waals surface area contributed by atoms with Crippen molar-refractivity contribution in [2.45, 2.75) is 20.8 Å². The number of rotatable bonds is 4. The van der Waals surface area contributed by atoms with Crippen molar-refractivity contribution in [3.8, 4) is 11.8 Å². The van der Waals surface area contributed by atoms with Gasteiger partial charge in [0.1, 0.15) is 17.5 Å². The van der Waals surface area contributed by atoms with E-state index in [1.54, 1.807) is 24.3 Å². The van der Waals surface area contributed by atoms with Gasteiger partial charge in [-0.3, -0.25) is 4.79 Å². The van der Waals surface area contributed by atoms with Crippen molar-refractivity contribution in [3.05, 3.63) is 88.5 Å². The lowest BCUT2D eigenvalue weighted by Gasteiger charge is -2.09. The summed E-state index contributed by atoms with van der Waals surface area (Å²) in [5.74, 6) is -0.755. The smallest absolute Gasteiger partial charge is 0.266 e. The van der Waals surface area contributed by atoms with E-state index in [9.17, 15) is 14.4 Å². The fourth-order valence-corrected chi connectivity index (χ4v) is 3.13. The normalized spacial score (nSPS) is 11.2. The summed E-state index contributed by atoms with van der Waals surface area (Å²) in [4.78, 5) is 12.6. The van der Waals surface area contributed by atoms with E-state index >= 15 is 0 Å². The van der Waals surface area contributed by atoms with Gasteiger partial charge in [0.05, 0.1) is 0 Å². The van der Waals surface area contributed by atoms with Crippen molar-refractivity contribution in [2.75, 3.05) is 5.32 Å². The second-order valence-electron chi connectivity index (χ2n) is 6.58. The Morgan fingerprint density at radius 2 is 1.79 bits per heavy atom. The number of hydrogen-bond donors (Lipinski definition) is 1. The molecular formula is C23H20FN3O. The minimum absolute atomic E-state index is 0.0163. The molecule has 5 heteroatoms. The predicted molar refractivity (Wildman–Crippen MR) is 109 cm³/mol. The number of halogens is 1. The summed E-state index contributed by atoms with van der Waals surface area (Å²) in [5.41, 5.74) is 4.97. The summed E-state index contributed by atoms with van der Waals surface area (Å²) >= 11 is 0. The van der Waals surface area contributed by atoms with Crippen molar-refractivity contribution >= 4 is 17.7 Å². The number of nitrogens with one attached hydrogen (secondary N) is 1. The third-order valence-corrected chi connectivity index (χ3v) is 4.61. The highest BCUT2D eigenvalue weighted by molar-refractivity contribution is 6.10. The van der Waals surface area contributed by atoms with Crippen molar-refractivity contribution in [1.82, 2.24) is 4.57 Å². The number of nitrogens with zero attached hydrogens (tertiary/aromatic N) is 2. The topological polar surface area (TPSA) is 57.8 Å². The van der Waals surface area contributed by atoms with E-state index in [1.807, 2.05) is 55.7 Å². The lowest BCUT2D eigenvalue weighted by atomic mass is 10.1. The van der Waals surface area contributed by atoms with E-state index in [-0.39, 0.29) is 11.4 Å². The van der Waals surface area contributed by atoms with E-state index in [0.29, 0.717) is 5.69 Å². The number of hydrogen-bond acceptors (Lipinski definition) is 2. The molecule has 1 heterocycles. The molecule has 0 spiro atoms. The van der Waals surface area contributed by atoms with Gasteiger partial charge in [0, 0.05) is 22.8 Å². The van der Waals surface area contributed by atoms with Crippen molar-refractivity contribution in [1.29, 1.82) is 5.26 Å². The zero-order chi connectivity index (χ0) is 20.3. The summed E-state index contributed by atoms with van der Waals surface area (Å²) < 4.78 is 15.2. The van der Waals surface area contributed by atoms with Crippen LogP contribution in [0.2, 0.25) is 0 Å². The number of nitriles is 1. The molecule has 140 valence electrons. The van der Waals surface area contributed by atoms with E-state index in [0.717, 1.165) is 28.2 Å². The Balaban J connectivity index is 1.94. The molecule has 0 atom stereocenters. The Kier molecular flexibility index (Phi) is 5.42. The first-order valence-electron chi connectivity index (χ1n) is 8.84. The Morgan fingerprint density at radius 3 is 2.43 bits per heavy atom. The standard InChI is InChI=1S/C23H20FN3O/c1-15-6-4-5-7-22(15)26-23(28)19(14-25)13-18-12-16(2)27(17(18)3)21-10-8-20(24)9-11-21/h4-13H,1-3H3,(H,26,28)/b19-13+. The van der Waals surface area contributed by atoms with Gasteiger partial charge in [-0.2, -0.15) is 5.26 Å². The molecule has 0 saturated carbocycles. The Hall–Kier alpha value is -3.65. The Morgan fingerprint density at radius 1 is 1.11 bits per heavy atom. The fraction of sp³-hybridized carbons (Fsp3) is 0.130. The first-order valence-corrected chi connectivity index (χ1v) is 8.84. The minimum atomic E-state index is -0.455. The summed E-state index contributed by atoms with van der Waals surface area (Å²) in [6.45, 7) is 5.71. The molecule has 28 heavy (non-hydrogen) atoms. The SMILES string of the molecule is Cc1ccccc1NC(=O)/C(C#N)=C/c1cc(C)n(-c2ccc(F)cc2)c1C. The largest absolute Gasteiger partial charge is 0.321 e. The highest BCUT2D eigenvalue weighted by Crippen LogP contribution is 2.23. The van der Waals surface area contributed by atoms with Gasteiger partial charge in [-0.1, -0.05) is 18.2 Å². The number of carbonyl (C=O) groups is 1. The first-order chi connectivity index (χ1) is 13.4. The molecular weight excluding hydrogens is 353 g/mol. The molecule has 0 aliphatic heterocycles. The number of amides is 1. The van der Waals surface area contributed by atoms with Gasteiger partial charge in [-0.15, -0.1) is 0 Å². The maximum absolute atomic E-state index is 13.2. The first kappa shape index (κ1) is 19.1. The van der Waals surface area contributed by atoms with Crippen molar-refractivity contribution in [3.63, 3.8) is 0 Å². The quantitative estimate of drug-likeness (QED) is 0.512. The molecule has 3 aromatic rings. The number of aromatic nitrogens is 1. The third-order valence-electron chi connectivity index (χ3n) is 4.61.